The van der Waals surface area contributed by atoms with Gasteiger partial charge in [-0.25, -0.2) is 0 Å². The van der Waals surface area contributed by atoms with Gasteiger partial charge in [0.2, 0.25) is 11.8 Å². The number of aromatic nitrogens is 2. The molecule has 1 saturated heterocycles. The molecule has 5 rings (SSSR count). The van der Waals surface area contributed by atoms with Crippen LogP contribution in [0, 0.1) is 17.3 Å². The number of likely N-dealkylation sites (N-methyl/N-ethyl adjacent to an activating group) is 1. The largest absolute Gasteiger partial charge is 0.375 e. The highest BCUT2D eigenvalue weighted by Gasteiger charge is 2.72. The Morgan fingerprint density at radius 2 is 1.97 bits per heavy atom. The first kappa shape index (κ1) is 23.2. The number of rotatable bonds is 10. The van der Waals surface area contributed by atoms with Crippen LogP contribution >= 0.6 is 11.3 Å². The third-order valence-corrected chi connectivity index (χ3v) is 8.34. The van der Waals surface area contributed by atoms with E-state index >= 15 is 0 Å². The average molecular weight is 481 g/mol. The number of hydrogen-bond acceptors (Lipinski definition) is 6. The molecule has 0 spiro atoms. The minimum atomic E-state index is -0.184. The Kier molecular flexibility index (Phi) is 6.08. The fraction of sp³-hybridized carbons (Fsp3) is 0.500. The number of carbonyl (C=O) groups excluding carboxylic acids is 2. The highest BCUT2D eigenvalue weighted by atomic mass is 32.1. The van der Waals surface area contributed by atoms with E-state index < -0.39 is 0 Å². The summed E-state index contributed by atoms with van der Waals surface area (Å²) in [5.74, 6) is -0.344. The zero-order valence-electron chi connectivity index (χ0n) is 20.2. The van der Waals surface area contributed by atoms with Gasteiger partial charge in [-0.05, 0) is 43.1 Å². The van der Waals surface area contributed by atoms with Crippen molar-refractivity contribution in [1.29, 1.82) is 0 Å². The van der Waals surface area contributed by atoms with Crippen molar-refractivity contribution in [1.82, 2.24) is 19.8 Å². The molecule has 0 aromatic carbocycles. The summed E-state index contributed by atoms with van der Waals surface area (Å²) in [6.45, 7) is 11.6. The lowest BCUT2D eigenvalue weighted by molar-refractivity contribution is -0.143. The molecule has 1 saturated carbocycles. The van der Waals surface area contributed by atoms with Crippen molar-refractivity contribution in [2.75, 3.05) is 19.7 Å². The van der Waals surface area contributed by atoms with Crippen LogP contribution in [0.4, 0.5) is 0 Å². The molecule has 1 aliphatic carbocycles. The highest BCUT2D eigenvalue weighted by Crippen LogP contribution is 2.63. The molecule has 4 heterocycles. The quantitative estimate of drug-likeness (QED) is 0.445. The molecule has 3 atom stereocenters. The maximum Gasteiger partial charge on any atom is 0.234 e. The summed E-state index contributed by atoms with van der Waals surface area (Å²) in [7, 11) is 0. The van der Waals surface area contributed by atoms with Crippen LogP contribution in [0.3, 0.4) is 0 Å². The third kappa shape index (κ3) is 3.87. The molecule has 34 heavy (non-hydrogen) atoms. The SMILES string of the molecule is CCNCC(Cn1cccc1-c1ccnc2cc(CN3C(=O)C4C(C3=O)C4(C)C)sc12)OCC. The molecule has 1 N–H and O–H groups in total. The number of amides is 2. The molecular formula is C26H32N4O3S. The van der Waals surface area contributed by atoms with Crippen molar-refractivity contribution in [2.24, 2.45) is 17.3 Å². The first-order valence-electron chi connectivity index (χ1n) is 12.1. The zero-order chi connectivity index (χ0) is 24.0. The van der Waals surface area contributed by atoms with Gasteiger partial charge in [0.25, 0.3) is 0 Å². The molecule has 0 radical (unpaired) electrons. The van der Waals surface area contributed by atoms with Gasteiger partial charge in [0.15, 0.2) is 0 Å². The molecule has 3 aromatic rings. The molecule has 3 unspecified atom stereocenters. The first-order valence-corrected chi connectivity index (χ1v) is 12.9. The molecule has 2 aliphatic rings. The lowest BCUT2D eigenvalue weighted by Crippen LogP contribution is -2.35. The summed E-state index contributed by atoms with van der Waals surface area (Å²) in [5.41, 5.74) is 2.92. The zero-order valence-corrected chi connectivity index (χ0v) is 21.0. The van der Waals surface area contributed by atoms with E-state index in [1.54, 1.807) is 11.3 Å². The van der Waals surface area contributed by atoms with Gasteiger partial charge < -0.3 is 14.6 Å². The number of ether oxygens (including phenoxy) is 1. The Morgan fingerprint density at radius 3 is 2.68 bits per heavy atom. The monoisotopic (exact) mass is 480 g/mol. The van der Waals surface area contributed by atoms with E-state index in [1.165, 1.54) is 4.90 Å². The smallest absolute Gasteiger partial charge is 0.234 e. The summed E-state index contributed by atoms with van der Waals surface area (Å²) >= 11 is 1.62. The maximum atomic E-state index is 12.8. The van der Waals surface area contributed by atoms with E-state index in [0.717, 1.165) is 46.0 Å². The number of pyridine rings is 1. The number of fused-ring (bicyclic) bond motifs is 2. The van der Waals surface area contributed by atoms with E-state index in [2.05, 4.69) is 40.1 Å². The van der Waals surface area contributed by atoms with Crippen LogP contribution in [0.1, 0.15) is 32.6 Å². The van der Waals surface area contributed by atoms with Crippen molar-refractivity contribution in [3.05, 3.63) is 41.5 Å². The lowest BCUT2D eigenvalue weighted by Gasteiger charge is -2.20. The topological polar surface area (TPSA) is 76.5 Å². The van der Waals surface area contributed by atoms with Crippen molar-refractivity contribution in [3.63, 3.8) is 0 Å². The van der Waals surface area contributed by atoms with E-state index in [9.17, 15) is 9.59 Å². The second kappa shape index (κ2) is 8.91. The van der Waals surface area contributed by atoms with Gasteiger partial charge in [-0.1, -0.05) is 20.8 Å². The molecule has 3 aromatic heterocycles. The van der Waals surface area contributed by atoms with Gasteiger partial charge in [0, 0.05) is 41.7 Å². The Morgan fingerprint density at radius 1 is 1.21 bits per heavy atom. The Bertz CT molecular complexity index is 1210. The van der Waals surface area contributed by atoms with Crippen molar-refractivity contribution >= 4 is 33.4 Å². The standard InChI is InChI=1S/C26H32N4O3S/c1-5-27-13-16(33-6-2)14-29-11-7-8-20(29)18-9-10-28-19-12-17(34-23(18)19)15-30-24(31)21-22(25(30)32)26(21,3)4/h7-12,16,21-22,27H,5-6,13-15H2,1-4H3. The second-order valence-corrected chi connectivity index (χ2v) is 10.9. The molecule has 7 nitrogen and oxygen atoms in total. The lowest BCUT2D eigenvalue weighted by atomic mass is 10.1. The number of nitrogens with one attached hydrogen (secondary N) is 1. The maximum absolute atomic E-state index is 12.8. The van der Waals surface area contributed by atoms with Crippen LogP contribution < -0.4 is 5.32 Å². The van der Waals surface area contributed by atoms with Crippen LogP contribution in [0.15, 0.2) is 36.7 Å². The first-order chi connectivity index (χ1) is 16.4. The number of carbonyl (C=O) groups is 2. The second-order valence-electron chi connectivity index (χ2n) is 9.76. The number of piperidine rings is 1. The van der Waals surface area contributed by atoms with Crippen molar-refractivity contribution in [2.45, 2.75) is 46.9 Å². The van der Waals surface area contributed by atoms with Crippen molar-refractivity contribution in [3.8, 4) is 11.3 Å². The molecule has 0 bridgehead atoms. The minimum Gasteiger partial charge on any atom is -0.375 e. The normalized spacial score (nSPS) is 21.9. The van der Waals surface area contributed by atoms with Gasteiger partial charge in [-0.3, -0.25) is 19.5 Å². The van der Waals surface area contributed by atoms with Crippen LogP contribution in [0.2, 0.25) is 0 Å². The molecule has 8 heteroatoms. The predicted molar refractivity (Wildman–Crippen MR) is 133 cm³/mol. The van der Waals surface area contributed by atoms with Crippen LogP contribution in [0.5, 0.6) is 0 Å². The summed E-state index contributed by atoms with van der Waals surface area (Å²) < 4.78 is 9.26. The number of nitrogens with zero attached hydrogens (tertiary/aromatic N) is 3. The van der Waals surface area contributed by atoms with E-state index in [-0.39, 0.29) is 35.2 Å². The molecule has 1 aliphatic heterocycles. The third-order valence-electron chi connectivity index (χ3n) is 7.20. The van der Waals surface area contributed by atoms with Crippen LogP contribution in [-0.4, -0.2) is 52.1 Å². The molecule has 2 fully saturated rings. The summed E-state index contributed by atoms with van der Waals surface area (Å²) in [6, 6.07) is 8.23. The Balaban J connectivity index is 1.40. The van der Waals surface area contributed by atoms with Crippen LogP contribution in [-0.2, 0) is 27.4 Å². The van der Waals surface area contributed by atoms with E-state index in [1.807, 2.05) is 39.1 Å². The number of imide groups is 1. The fourth-order valence-corrected chi connectivity index (χ4v) is 6.46. The Hall–Kier alpha value is -2.55. The van der Waals surface area contributed by atoms with Gasteiger partial charge in [-0.15, -0.1) is 11.3 Å². The summed E-state index contributed by atoms with van der Waals surface area (Å²) in [4.78, 5) is 32.6. The summed E-state index contributed by atoms with van der Waals surface area (Å²) in [5, 5.41) is 3.38. The Labute approximate surface area is 204 Å². The van der Waals surface area contributed by atoms with Gasteiger partial charge in [0.05, 0.1) is 41.2 Å². The number of thiophene rings is 1. The molecular weight excluding hydrogens is 448 g/mol. The fourth-order valence-electron chi connectivity index (χ4n) is 5.34. The van der Waals surface area contributed by atoms with E-state index in [0.29, 0.717) is 13.2 Å². The predicted octanol–water partition coefficient (Wildman–Crippen LogP) is 3.92. The van der Waals surface area contributed by atoms with Gasteiger partial charge in [0.1, 0.15) is 0 Å². The average Bonchev–Trinajstić information content (AvgIpc) is 3.21. The number of likely N-dealkylation sites (tertiary alicyclic amines) is 1. The van der Waals surface area contributed by atoms with Crippen LogP contribution in [0.25, 0.3) is 21.5 Å². The van der Waals surface area contributed by atoms with Gasteiger partial charge >= 0.3 is 0 Å². The van der Waals surface area contributed by atoms with Crippen molar-refractivity contribution < 1.29 is 14.3 Å². The molecule has 180 valence electrons. The molecule has 2 amide bonds. The minimum absolute atomic E-state index is 0.0258. The van der Waals surface area contributed by atoms with Gasteiger partial charge in [-0.2, -0.15) is 0 Å². The summed E-state index contributed by atoms with van der Waals surface area (Å²) in [6.07, 6.45) is 3.99. The van der Waals surface area contributed by atoms with E-state index in [4.69, 9.17) is 4.74 Å². The highest BCUT2D eigenvalue weighted by molar-refractivity contribution is 7.19. The number of hydrogen-bond donors (Lipinski definition) is 1.